The summed E-state index contributed by atoms with van der Waals surface area (Å²) < 4.78 is 15.5. The molecule has 1 saturated carbocycles. The smallest absolute Gasteiger partial charge is 0.259 e. The van der Waals surface area contributed by atoms with Gasteiger partial charge in [0, 0.05) is 29.5 Å². The SMILES string of the molecule is CC(C)n1ncc2c(C(=O)N(Cc3ccccn3)c3ccc(F)cc3)cc(C3CC3)nc21. The molecule has 3 heterocycles. The molecule has 1 aliphatic rings. The molecule has 0 radical (unpaired) electrons. The van der Waals surface area contributed by atoms with Crippen molar-refractivity contribution in [1.29, 1.82) is 0 Å². The van der Waals surface area contributed by atoms with Crippen molar-refractivity contribution in [3.05, 3.63) is 83.7 Å². The lowest BCUT2D eigenvalue weighted by molar-refractivity contribution is 0.0986. The topological polar surface area (TPSA) is 63.9 Å². The molecule has 1 aromatic carbocycles. The Balaban J connectivity index is 1.63. The molecule has 0 saturated heterocycles. The van der Waals surface area contributed by atoms with E-state index in [9.17, 15) is 9.18 Å². The number of carbonyl (C=O) groups is 1. The van der Waals surface area contributed by atoms with Crippen molar-refractivity contribution in [2.45, 2.75) is 45.2 Å². The lowest BCUT2D eigenvalue weighted by Gasteiger charge is -2.23. The summed E-state index contributed by atoms with van der Waals surface area (Å²) in [6.07, 6.45) is 5.58. The van der Waals surface area contributed by atoms with Gasteiger partial charge >= 0.3 is 0 Å². The Kier molecular flexibility index (Phi) is 5.17. The molecule has 4 aromatic rings. The lowest BCUT2D eigenvalue weighted by Crippen LogP contribution is -2.31. The van der Waals surface area contributed by atoms with Crippen LogP contribution in [0.2, 0.25) is 0 Å². The van der Waals surface area contributed by atoms with E-state index < -0.39 is 0 Å². The van der Waals surface area contributed by atoms with Crippen molar-refractivity contribution in [1.82, 2.24) is 19.7 Å². The van der Waals surface area contributed by atoms with Crippen LogP contribution in [0.3, 0.4) is 0 Å². The van der Waals surface area contributed by atoms with Crippen molar-refractivity contribution < 1.29 is 9.18 Å². The number of anilines is 1. The van der Waals surface area contributed by atoms with Crippen LogP contribution < -0.4 is 4.90 Å². The van der Waals surface area contributed by atoms with Crippen LogP contribution in [-0.4, -0.2) is 25.7 Å². The summed E-state index contributed by atoms with van der Waals surface area (Å²) in [6.45, 7) is 4.36. The van der Waals surface area contributed by atoms with Gasteiger partial charge in [0.25, 0.3) is 5.91 Å². The molecular weight excluding hydrogens is 405 g/mol. The van der Waals surface area contributed by atoms with Crippen molar-refractivity contribution in [2.75, 3.05) is 4.90 Å². The Hall–Kier alpha value is -3.61. The average molecular weight is 429 g/mol. The van der Waals surface area contributed by atoms with Crippen molar-refractivity contribution >= 4 is 22.6 Å². The van der Waals surface area contributed by atoms with Gasteiger partial charge in [0.15, 0.2) is 5.65 Å². The highest BCUT2D eigenvalue weighted by atomic mass is 19.1. The summed E-state index contributed by atoms with van der Waals surface area (Å²) in [4.78, 5) is 24.8. The lowest BCUT2D eigenvalue weighted by atomic mass is 10.1. The second kappa shape index (κ2) is 8.15. The van der Waals surface area contributed by atoms with Crippen LogP contribution in [0, 0.1) is 5.82 Å². The third kappa shape index (κ3) is 3.86. The van der Waals surface area contributed by atoms with Crippen LogP contribution in [0.5, 0.6) is 0 Å². The fraction of sp³-hybridized carbons (Fsp3) is 0.280. The van der Waals surface area contributed by atoms with E-state index in [0.29, 0.717) is 17.2 Å². The Bertz CT molecular complexity index is 1260. The molecule has 0 aliphatic heterocycles. The third-order valence-electron chi connectivity index (χ3n) is 5.73. The number of pyridine rings is 2. The number of fused-ring (bicyclic) bond motifs is 1. The van der Waals surface area contributed by atoms with E-state index in [1.807, 2.05) is 42.8 Å². The molecule has 0 atom stereocenters. The zero-order valence-electron chi connectivity index (χ0n) is 18.1. The van der Waals surface area contributed by atoms with Crippen LogP contribution >= 0.6 is 0 Å². The monoisotopic (exact) mass is 429 g/mol. The predicted octanol–water partition coefficient (Wildman–Crippen LogP) is 5.27. The Morgan fingerprint density at radius 1 is 1.19 bits per heavy atom. The highest BCUT2D eigenvalue weighted by Crippen LogP contribution is 2.40. The van der Waals surface area contributed by atoms with Gasteiger partial charge in [-0.1, -0.05) is 6.07 Å². The molecule has 0 spiro atoms. The van der Waals surface area contributed by atoms with Crippen LogP contribution in [0.4, 0.5) is 10.1 Å². The van der Waals surface area contributed by atoms with Gasteiger partial charge in [0.05, 0.1) is 29.4 Å². The number of hydrogen-bond donors (Lipinski definition) is 0. The molecule has 6 nitrogen and oxygen atoms in total. The zero-order valence-corrected chi connectivity index (χ0v) is 18.1. The fourth-order valence-corrected chi connectivity index (χ4v) is 3.88. The second-order valence-electron chi connectivity index (χ2n) is 8.48. The molecule has 7 heteroatoms. The van der Waals surface area contributed by atoms with Crippen LogP contribution in [0.15, 0.2) is 60.9 Å². The number of aromatic nitrogens is 4. The summed E-state index contributed by atoms with van der Waals surface area (Å²) in [7, 11) is 0. The molecule has 5 rings (SSSR count). The average Bonchev–Trinajstić information content (AvgIpc) is 3.56. The number of nitrogens with zero attached hydrogens (tertiary/aromatic N) is 5. The van der Waals surface area contributed by atoms with Gasteiger partial charge in [-0.2, -0.15) is 5.10 Å². The van der Waals surface area contributed by atoms with E-state index in [0.717, 1.165) is 35.3 Å². The first kappa shape index (κ1) is 20.3. The summed E-state index contributed by atoms with van der Waals surface area (Å²) >= 11 is 0. The normalized spacial score (nSPS) is 13.6. The molecule has 3 aromatic heterocycles. The molecule has 1 aliphatic carbocycles. The van der Waals surface area contributed by atoms with E-state index in [4.69, 9.17) is 4.98 Å². The van der Waals surface area contributed by atoms with Crippen LogP contribution in [0.1, 0.15) is 60.4 Å². The first-order valence-corrected chi connectivity index (χ1v) is 10.9. The van der Waals surface area contributed by atoms with Gasteiger partial charge < -0.3 is 4.90 Å². The van der Waals surface area contributed by atoms with E-state index in [2.05, 4.69) is 10.1 Å². The minimum Gasteiger partial charge on any atom is -0.302 e. The summed E-state index contributed by atoms with van der Waals surface area (Å²) in [5.41, 5.74) is 3.57. The number of carbonyl (C=O) groups excluding carboxylic acids is 1. The molecule has 32 heavy (non-hydrogen) atoms. The summed E-state index contributed by atoms with van der Waals surface area (Å²) in [5, 5.41) is 5.23. The van der Waals surface area contributed by atoms with Crippen molar-refractivity contribution in [3.63, 3.8) is 0 Å². The minimum atomic E-state index is -0.348. The Labute approximate surface area is 185 Å². The Morgan fingerprint density at radius 3 is 2.62 bits per heavy atom. The number of amides is 1. The molecule has 0 bridgehead atoms. The van der Waals surface area contributed by atoms with Crippen molar-refractivity contribution in [2.24, 2.45) is 0 Å². The standard InChI is InChI=1S/C25H24FN5O/c1-16(2)31-24-22(14-28-31)21(13-23(29-24)17-6-7-17)25(32)30(15-19-5-3-4-12-27-19)20-10-8-18(26)9-11-20/h3-5,8-14,16-17H,6-7,15H2,1-2H3. The maximum Gasteiger partial charge on any atom is 0.259 e. The van der Waals surface area contributed by atoms with Gasteiger partial charge in [-0.3, -0.25) is 9.78 Å². The first-order valence-electron chi connectivity index (χ1n) is 10.9. The first-order chi connectivity index (χ1) is 15.5. The van der Waals surface area contributed by atoms with Gasteiger partial charge in [-0.05, 0) is 69.2 Å². The van der Waals surface area contributed by atoms with Gasteiger partial charge in [0.1, 0.15) is 5.82 Å². The quantitative estimate of drug-likeness (QED) is 0.419. The van der Waals surface area contributed by atoms with Crippen molar-refractivity contribution in [3.8, 4) is 0 Å². The molecular formula is C25H24FN5O. The maximum atomic E-state index is 14.0. The predicted molar refractivity (Wildman–Crippen MR) is 121 cm³/mol. The number of halogens is 1. The number of rotatable bonds is 6. The molecule has 0 N–H and O–H groups in total. The highest BCUT2D eigenvalue weighted by Gasteiger charge is 2.30. The van der Waals surface area contributed by atoms with Gasteiger partial charge in [-0.15, -0.1) is 0 Å². The van der Waals surface area contributed by atoms with E-state index in [1.165, 1.54) is 12.1 Å². The van der Waals surface area contributed by atoms with Gasteiger partial charge in [-0.25, -0.2) is 14.1 Å². The number of benzene rings is 1. The van der Waals surface area contributed by atoms with Gasteiger partial charge in [0.2, 0.25) is 0 Å². The maximum absolute atomic E-state index is 14.0. The Morgan fingerprint density at radius 2 is 1.97 bits per heavy atom. The largest absolute Gasteiger partial charge is 0.302 e. The second-order valence-corrected chi connectivity index (χ2v) is 8.48. The van der Waals surface area contributed by atoms with E-state index in [1.54, 1.807) is 29.4 Å². The summed E-state index contributed by atoms with van der Waals surface area (Å²) in [5.74, 6) is -0.143. The molecule has 0 unspecified atom stereocenters. The molecule has 1 amide bonds. The van der Waals surface area contributed by atoms with E-state index in [-0.39, 0.29) is 24.3 Å². The summed E-state index contributed by atoms with van der Waals surface area (Å²) in [6, 6.07) is 13.6. The molecule has 162 valence electrons. The molecule has 1 fully saturated rings. The van der Waals surface area contributed by atoms with E-state index >= 15 is 0 Å². The van der Waals surface area contributed by atoms with Crippen LogP contribution in [-0.2, 0) is 6.54 Å². The highest BCUT2D eigenvalue weighted by molar-refractivity contribution is 6.13. The minimum absolute atomic E-state index is 0.124. The van der Waals surface area contributed by atoms with Crippen LogP contribution in [0.25, 0.3) is 11.0 Å². The third-order valence-corrected chi connectivity index (χ3v) is 5.73. The zero-order chi connectivity index (χ0) is 22.2. The fourth-order valence-electron chi connectivity index (χ4n) is 3.88. The number of hydrogen-bond acceptors (Lipinski definition) is 4.